The van der Waals surface area contributed by atoms with Crippen LogP contribution >= 0.6 is 0 Å². The number of carbonyl (C=O) groups excluding carboxylic acids is 1. The molecule has 0 aliphatic heterocycles. The number of carbonyl (C=O) groups is 1. The summed E-state index contributed by atoms with van der Waals surface area (Å²) >= 11 is 0. The fourth-order valence-electron chi connectivity index (χ4n) is 2.94. The summed E-state index contributed by atoms with van der Waals surface area (Å²) in [6.07, 6.45) is 3.31. The highest BCUT2D eigenvalue weighted by molar-refractivity contribution is 7.92. The second-order valence-electron chi connectivity index (χ2n) is 6.11. The molecular formula is C17H19N3O4S. The zero-order chi connectivity index (χ0) is 18.0. The van der Waals surface area contributed by atoms with E-state index in [1.54, 1.807) is 12.1 Å². The van der Waals surface area contributed by atoms with E-state index in [2.05, 4.69) is 10.4 Å². The Kier molecular flexibility index (Phi) is 4.71. The number of aromatic nitrogens is 2. The minimum absolute atomic E-state index is 0.102. The molecule has 0 spiro atoms. The number of benzene rings is 1. The summed E-state index contributed by atoms with van der Waals surface area (Å²) in [6, 6.07) is 8.74. The molecule has 3 rings (SSSR count). The summed E-state index contributed by atoms with van der Waals surface area (Å²) in [5, 5.41) is 6.21. The molecular weight excluding hydrogens is 342 g/mol. The van der Waals surface area contributed by atoms with Crippen molar-refractivity contribution >= 4 is 21.4 Å². The molecule has 1 aliphatic rings. The van der Waals surface area contributed by atoms with Crippen molar-refractivity contribution in [3.8, 4) is 0 Å². The number of sulfone groups is 1. The number of rotatable bonds is 4. The van der Waals surface area contributed by atoms with E-state index in [1.165, 1.54) is 31.3 Å². The molecule has 1 N–H and O–H groups in total. The van der Waals surface area contributed by atoms with Crippen molar-refractivity contribution in [2.24, 2.45) is 7.05 Å². The Bertz CT molecular complexity index is 943. The van der Waals surface area contributed by atoms with Crippen LogP contribution in [0.2, 0.25) is 0 Å². The Balaban J connectivity index is 1.75. The maximum absolute atomic E-state index is 12.5. The fraction of sp³-hybridized carbons (Fsp3) is 0.353. The van der Waals surface area contributed by atoms with Gasteiger partial charge in [0.25, 0.3) is 11.5 Å². The first kappa shape index (κ1) is 17.3. The van der Waals surface area contributed by atoms with Crippen LogP contribution in [0.1, 0.15) is 36.2 Å². The third kappa shape index (κ3) is 3.63. The van der Waals surface area contributed by atoms with Crippen molar-refractivity contribution in [3.63, 3.8) is 0 Å². The van der Waals surface area contributed by atoms with Crippen LogP contribution in [0.4, 0.5) is 5.69 Å². The monoisotopic (exact) mass is 361 g/mol. The first-order chi connectivity index (χ1) is 11.9. The fourth-order valence-corrected chi connectivity index (χ4v) is 4.79. The summed E-state index contributed by atoms with van der Waals surface area (Å²) in [4.78, 5) is 23.7. The van der Waals surface area contributed by atoms with Crippen LogP contribution in [0, 0.1) is 0 Å². The highest BCUT2D eigenvalue weighted by atomic mass is 32.2. The SMILES string of the molecule is Cn1nc(C(=O)Nc2ccc(S(=O)(=O)C3CCCC3)cc2)ccc1=O. The summed E-state index contributed by atoms with van der Waals surface area (Å²) in [6.45, 7) is 0. The molecule has 2 aromatic rings. The maximum atomic E-state index is 12.5. The van der Waals surface area contributed by atoms with Gasteiger partial charge >= 0.3 is 0 Å². The molecule has 25 heavy (non-hydrogen) atoms. The van der Waals surface area contributed by atoms with Crippen LogP contribution in [0.3, 0.4) is 0 Å². The summed E-state index contributed by atoms with van der Waals surface area (Å²) < 4.78 is 26.1. The lowest BCUT2D eigenvalue weighted by Gasteiger charge is -2.12. The lowest BCUT2D eigenvalue weighted by molar-refractivity contribution is 0.102. The number of nitrogens with zero attached hydrogens (tertiary/aromatic N) is 2. The number of hydrogen-bond acceptors (Lipinski definition) is 5. The van der Waals surface area contributed by atoms with Gasteiger partial charge in [-0.3, -0.25) is 9.59 Å². The molecule has 1 aromatic heterocycles. The van der Waals surface area contributed by atoms with Crippen LogP contribution in [0.25, 0.3) is 0 Å². The van der Waals surface area contributed by atoms with Crippen molar-refractivity contribution in [2.45, 2.75) is 35.8 Å². The largest absolute Gasteiger partial charge is 0.321 e. The number of amides is 1. The zero-order valence-electron chi connectivity index (χ0n) is 13.8. The van der Waals surface area contributed by atoms with Crippen molar-refractivity contribution in [2.75, 3.05) is 5.32 Å². The van der Waals surface area contributed by atoms with Gasteiger partial charge in [-0.2, -0.15) is 5.10 Å². The van der Waals surface area contributed by atoms with Gasteiger partial charge in [-0.15, -0.1) is 0 Å². The Labute approximate surface area is 145 Å². The van der Waals surface area contributed by atoms with Gasteiger partial charge < -0.3 is 5.32 Å². The van der Waals surface area contributed by atoms with Crippen LogP contribution in [0.5, 0.6) is 0 Å². The van der Waals surface area contributed by atoms with E-state index in [0.717, 1.165) is 17.5 Å². The Hall–Kier alpha value is -2.48. The van der Waals surface area contributed by atoms with Gasteiger partial charge in [0.2, 0.25) is 0 Å². The molecule has 0 bridgehead atoms. The first-order valence-corrected chi connectivity index (χ1v) is 9.62. The van der Waals surface area contributed by atoms with E-state index in [1.807, 2.05) is 0 Å². The van der Waals surface area contributed by atoms with Crippen LogP contribution in [-0.2, 0) is 16.9 Å². The zero-order valence-corrected chi connectivity index (χ0v) is 14.6. The van der Waals surface area contributed by atoms with Gasteiger partial charge in [0, 0.05) is 18.8 Å². The second-order valence-corrected chi connectivity index (χ2v) is 8.34. The van der Waals surface area contributed by atoms with E-state index in [9.17, 15) is 18.0 Å². The lowest BCUT2D eigenvalue weighted by Crippen LogP contribution is -2.23. The Morgan fingerprint density at radius 1 is 1.12 bits per heavy atom. The average Bonchev–Trinajstić information content (AvgIpc) is 3.13. The molecule has 1 saturated carbocycles. The summed E-state index contributed by atoms with van der Waals surface area (Å²) in [5.74, 6) is -0.470. The van der Waals surface area contributed by atoms with Crippen LogP contribution < -0.4 is 10.9 Å². The van der Waals surface area contributed by atoms with Gasteiger partial charge in [0.05, 0.1) is 10.1 Å². The Morgan fingerprint density at radius 3 is 2.36 bits per heavy atom. The van der Waals surface area contributed by atoms with Crippen LogP contribution in [0.15, 0.2) is 46.1 Å². The Morgan fingerprint density at radius 2 is 1.76 bits per heavy atom. The molecule has 7 nitrogen and oxygen atoms in total. The van der Waals surface area contributed by atoms with E-state index in [0.29, 0.717) is 18.5 Å². The van der Waals surface area contributed by atoms with Gasteiger partial charge in [-0.1, -0.05) is 12.8 Å². The second kappa shape index (κ2) is 6.79. The van der Waals surface area contributed by atoms with Crippen molar-refractivity contribution in [1.29, 1.82) is 0 Å². The van der Waals surface area contributed by atoms with Crippen LogP contribution in [-0.4, -0.2) is 29.4 Å². The highest BCUT2D eigenvalue weighted by Crippen LogP contribution is 2.30. The molecule has 132 valence electrons. The van der Waals surface area contributed by atoms with E-state index >= 15 is 0 Å². The molecule has 0 unspecified atom stereocenters. The number of anilines is 1. The summed E-state index contributed by atoms with van der Waals surface area (Å²) in [7, 11) is -1.85. The van der Waals surface area contributed by atoms with E-state index in [-0.39, 0.29) is 21.4 Å². The normalized spacial score (nSPS) is 15.2. The predicted molar refractivity (Wildman–Crippen MR) is 93.3 cm³/mol. The highest BCUT2D eigenvalue weighted by Gasteiger charge is 2.30. The molecule has 1 aromatic carbocycles. The number of aryl methyl sites for hydroxylation is 1. The lowest BCUT2D eigenvalue weighted by atomic mass is 10.3. The molecule has 0 atom stereocenters. The van der Waals surface area contributed by atoms with Crippen molar-refractivity contribution < 1.29 is 13.2 Å². The molecule has 1 aliphatic carbocycles. The third-order valence-corrected chi connectivity index (χ3v) is 6.65. The van der Waals surface area contributed by atoms with Gasteiger partial charge in [-0.25, -0.2) is 13.1 Å². The maximum Gasteiger partial charge on any atom is 0.276 e. The molecule has 1 heterocycles. The average molecular weight is 361 g/mol. The third-order valence-electron chi connectivity index (χ3n) is 4.37. The molecule has 0 saturated heterocycles. The number of nitrogens with one attached hydrogen (secondary N) is 1. The predicted octanol–water partition coefficient (Wildman–Crippen LogP) is 1.75. The van der Waals surface area contributed by atoms with Gasteiger partial charge in [0.15, 0.2) is 9.84 Å². The molecule has 0 radical (unpaired) electrons. The van der Waals surface area contributed by atoms with Crippen molar-refractivity contribution in [1.82, 2.24) is 9.78 Å². The van der Waals surface area contributed by atoms with Crippen molar-refractivity contribution in [3.05, 3.63) is 52.4 Å². The molecule has 1 amide bonds. The minimum Gasteiger partial charge on any atom is -0.321 e. The minimum atomic E-state index is -3.31. The smallest absolute Gasteiger partial charge is 0.276 e. The van der Waals surface area contributed by atoms with Gasteiger partial charge in [-0.05, 0) is 43.2 Å². The van der Waals surface area contributed by atoms with E-state index < -0.39 is 15.7 Å². The molecule has 8 heteroatoms. The number of hydrogen-bond donors (Lipinski definition) is 1. The summed E-state index contributed by atoms with van der Waals surface area (Å²) in [5.41, 5.74) is 0.258. The van der Waals surface area contributed by atoms with Gasteiger partial charge in [0.1, 0.15) is 5.69 Å². The quantitative estimate of drug-likeness (QED) is 0.894. The topological polar surface area (TPSA) is 98.1 Å². The standard InChI is InChI=1S/C17H19N3O4S/c1-20-16(21)11-10-15(19-20)17(22)18-12-6-8-14(9-7-12)25(23,24)13-4-2-3-5-13/h6-11,13H,2-5H2,1H3,(H,18,22). The van der Waals surface area contributed by atoms with E-state index in [4.69, 9.17) is 0 Å². The molecule has 1 fully saturated rings. The first-order valence-electron chi connectivity index (χ1n) is 8.07.